The van der Waals surface area contributed by atoms with E-state index in [1.54, 1.807) is 39.0 Å². The lowest BCUT2D eigenvalue weighted by Gasteiger charge is -2.67. The summed E-state index contributed by atoms with van der Waals surface area (Å²) in [5, 5.41) is 36.6. The minimum atomic E-state index is -2.19. The maximum atomic E-state index is 14.9. The number of benzene rings is 1. The number of hydrogen-bond acceptors (Lipinski definition) is 12. The average Bonchev–Trinajstić information content (AvgIpc) is 3.00. The summed E-state index contributed by atoms with van der Waals surface area (Å²) in [6.45, 7) is 12.5. The molecule has 3 N–H and O–H groups in total. The highest BCUT2D eigenvalue weighted by Gasteiger charge is 2.79. The van der Waals surface area contributed by atoms with Gasteiger partial charge in [0, 0.05) is 25.2 Å². The third kappa shape index (κ3) is 5.04. The Morgan fingerprint density at radius 3 is 2.13 bits per heavy atom. The summed E-state index contributed by atoms with van der Waals surface area (Å²) in [7, 11) is 1.10. The summed E-state index contributed by atoms with van der Waals surface area (Å²) in [6.07, 6.45) is -7.46. The van der Waals surface area contributed by atoms with Crippen molar-refractivity contribution in [3.05, 3.63) is 47.0 Å². The first-order chi connectivity index (χ1) is 21.4. The van der Waals surface area contributed by atoms with Crippen molar-refractivity contribution >= 4 is 23.9 Å². The summed E-state index contributed by atoms with van der Waals surface area (Å²) in [5.74, 6) is -3.90. The average molecular weight is 647 g/mol. The van der Waals surface area contributed by atoms with E-state index >= 15 is 0 Å². The predicted molar refractivity (Wildman–Crippen MR) is 162 cm³/mol. The molecule has 5 rings (SSSR count). The van der Waals surface area contributed by atoms with Gasteiger partial charge in [-0.25, -0.2) is 9.59 Å². The van der Waals surface area contributed by atoms with Gasteiger partial charge in [-0.05, 0) is 44.1 Å². The Morgan fingerprint density at radius 2 is 1.61 bits per heavy atom. The molecule has 0 amide bonds. The molecule has 3 fully saturated rings. The third-order valence-corrected chi connectivity index (χ3v) is 10.7. The van der Waals surface area contributed by atoms with Crippen LogP contribution in [0.5, 0.6) is 0 Å². The highest BCUT2D eigenvalue weighted by atomic mass is 16.8. The van der Waals surface area contributed by atoms with Gasteiger partial charge < -0.3 is 39.0 Å². The monoisotopic (exact) mass is 646 g/mol. The molecule has 46 heavy (non-hydrogen) atoms. The number of fused-ring (bicyclic) bond motifs is 5. The Morgan fingerprint density at radius 1 is 1.00 bits per heavy atom. The van der Waals surface area contributed by atoms with Gasteiger partial charge in [-0.3, -0.25) is 9.59 Å². The van der Waals surface area contributed by atoms with E-state index < -0.39 is 88.3 Å². The molecule has 2 saturated carbocycles. The molecule has 12 nitrogen and oxygen atoms in total. The van der Waals surface area contributed by atoms with Crippen molar-refractivity contribution in [2.75, 3.05) is 13.7 Å². The van der Waals surface area contributed by atoms with Gasteiger partial charge in [0.05, 0.1) is 42.3 Å². The highest BCUT2D eigenvalue weighted by molar-refractivity contribution is 5.95. The van der Waals surface area contributed by atoms with Crippen LogP contribution in [0.3, 0.4) is 0 Å². The van der Waals surface area contributed by atoms with Gasteiger partial charge in [0.2, 0.25) is 0 Å². The predicted octanol–water partition coefficient (Wildman–Crippen LogP) is 3.29. The van der Waals surface area contributed by atoms with Crippen LogP contribution in [0.1, 0.15) is 78.6 Å². The van der Waals surface area contributed by atoms with E-state index in [0.29, 0.717) is 0 Å². The summed E-state index contributed by atoms with van der Waals surface area (Å²) in [4.78, 5) is 54.0. The number of carbonyl (C=O) groups excluding carboxylic acids is 4. The van der Waals surface area contributed by atoms with E-state index in [-0.39, 0.29) is 29.7 Å². The van der Waals surface area contributed by atoms with Gasteiger partial charge in [0.1, 0.15) is 17.8 Å². The molecule has 1 saturated heterocycles. The van der Waals surface area contributed by atoms with Crippen LogP contribution >= 0.6 is 0 Å². The fraction of sp³-hybridized carbons (Fsp3) is 0.647. The standard InChI is InChI=1S/C32H40O12.C2H6/c1-16-21-22(42-17(2)33)24(35)30(6)19(34)13-20-31(15-41-20,44-27(37)40-7)23(30)25(43-26(36)18-11-9-8-10-12-18)32(39,28(21,3)4)14-29(16,5)38;1-2/h8-12,19-20,22-23,25,34,38-39H,13-15H2,1-7H3;1-2H3/t19?,20-,22-,23?,25+,29-,30-,31+,32-;/m1./s1. The van der Waals surface area contributed by atoms with E-state index in [4.69, 9.17) is 23.7 Å². The Bertz CT molecular complexity index is 1420. The van der Waals surface area contributed by atoms with Crippen molar-refractivity contribution in [1.82, 2.24) is 0 Å². The fourth-order valence-corrected chi connectivity index (χ4v) is 8.07. The summed E-state index contributed by atoms with van der Waals surface area (Å²) in [6, 6.07) is 7.99. The number of hydrogen-bond donors (Lipinski definition) is 3. The second-order valence-electron chi connectivity index (χ2n) is 13.4. The zero-order valence-electron chi connectivity index (χ0n) is 27.9. The molecule has 1 aliphatic heterocycles. The zero-order chi connectivity index (χ0) is 34.6. The van der Waals surface area contributed by atoms with Crippen molar-refractivity contribution in [3.63, 3.8) is 0 Å². The van der Waals surface area contributed by atoms with Crippen molar-refractivity contribution in [2.24, 2.45) is 16.7 Å². The van der Waals surface area contributed by atoms with Crippen molar-refractivity contribution < 1.29 is 58.2 Å². The number of esters is 2. The van der Waals surface area contributed by atoms with Gasteiger partial charge in [0.25, 0.3) is 0 Å². The van der Waals surface area contributed by atoms with Gasteiger partial charge in [-0.15, -0.1) is 0 Å². The molecule has 254 valence electrons. The Balaban J connectivity index is 0.00000235. The number of carbonyl (C=O) groups is 4. The van der Waals surface area contributed by atoms with Crippen LogP contribution in [0.2, 0.25) is 0 Å². The Hall–Kier alpha value is -3.32. The maximum absolute atomic E-state index is 14.9. The molecular weight excluding hydrogens is 600 g/mol. The molecular formula is C34H46O12. The summed E-state index contributed by atoms with van der Waals surface area (Å²) < 4.78 is 28.4. The maximum Gasteiger partial charge on any atom is 0.508 e. The number of methoxy groups -OCH3 is 1. The van der Waals surface area contributed by atoms with Crippen molar-refractivity contribution in [2.45, 2.75) is 109 Å². The number of aliphatic hydroxyl groups excluding tert-OH is 1. The van der Waals surface area contributed by atoms with Gasteiger partial charge in [-0.1, -0.05) is 45.9 Å². The van der Waals surface area contributed by atoms with Crippen LogP contribution in [0.25, 0.3) is 0 Å². The molecule has 2 unspecified atom stereocenters. The van der Waals surface area contributed by atoms with Gasteiger partial charge >= 0.3 is 18.1 Å². The molecule has 1 aromatic rings. The molecule has 2 bridgehead atoms. The second-order valence-corrected chi connectivity index (χ2v) is 13.4. The summed E-state index contributed by atoms with van der Waals surface area (Å²) in [5.41, 5.74) is -8.59. The largest absolute Gasteiger partial charge is 0.508 e. The molecule has 0 radical (unpaired) electrons. The van der Waals surface area contributed by atoms with Crippen LogP contribution in [0.15, 0.2) is 41.5 Å². The molecule has 4 aliphatic rings. The lowest BCUT2D eigenvalue weighted by molar-refractivity contribution is -0.345. The number of ether oxygens (including phenoxy) is 5. The lowest BCUT2D eigenvalue weighted by Crippen LogP contribution is -2.82. The van der Waals surface area contributed by atoms with Crippen LogP contribution in [-0.2, 0) is 33.3 Å². The van der Waals surface area contributed by atoms with E-state index in [9.17, 15) is 34.5 Å². The van der Waals surface area contributed by atoms with Crippen LogP contribution in [0, 0.1) is 16.7 Å². The smallest absolute Gasteiger partial charge is 0.455 e. The number of Topliss-reactive ketones (excluding diaryl/α,β-unsaturated/α-hetero) is 1. The Kier molecular flexibility index (Phi) is 9.30. The lowest BCUT2D eigenvalue weighted by atomic mass is 9.44. The van der Waals surface area contributed by atoms with E-state index in [0.717, 1.165) is 14.0 Å². The third-order valence-electron chi connectivity index (χ3n) is 10.7. The van der Waals surface area contributed by atoms with Gasteiger partial charge in [0.15, 0.2) is 17.5 Å². The molecule has 12 heteroatoms. The SMILES string of the molecule is CC.COC(=O)O[C@@]12CO[C@@H]1CC(O)[C@@]1(C)C(=O)[C@H](OC(C)=O)C3=C(C)[C@](C)(O)C[C@@](O)([C@@H](OC(=O)c4ccccc4)C12)C3(C)C. The molecule has 0 spiro atoms. The van der Waals surface area contributed by atoms with E-state index in [1.807, 2.05) is 13.8 Å². The molecule has 1 aromatic carbocycles. The Labute approximate surface area is 269 Å². The minimum Gasteiger partial charge on any atom is -0.455 e. The quantitative estimate of drug-likeness (QED) is 0.248. The van der Waals surface area contributed by atoms with Crippen molar-refractivity contribution in [3.8, 4) is 0 Å². The number of aliphatic hydroxyl groups is 3. The molecule has 1 heterocycles. The highest BCUT2D eigenvalue weighted by Crippen LogP contribution is 2.65. The minimum absolute atomic E-state index is 0.124. The van der Waals surface area contributed by atoms with Crippen molar-refractivity contribution in [1.29, 1.82) is 0 Å². The van der Waals surface area contributed by atoms with Gasteiger partial charge in [-0.2, -0.15) is 0 Å². The summed E-state index contributed by atoms with van der Waals surface area (Å²) >= 11 is 0. The molecule has 3 aliphatic carbocycles. The number of rotatable bonds is 4. The topological polar surface area (TPSA) is 175 Å². The van der Waals surface area contributed by atoms with Crippen LogP contribution in [-0.4, -0.2) is 94.1 Å². The molecule has 0 aromatic heterocycles. The first-order valence-electron chi connectivity index (χ1n) is 15.6. The second kappa shape index (κ2) is 12.0. The van der Waals surface area contributed by atoms with Crippen LogP contribution < -0.4 is 0 Å². The fourth-order valence-electron chi connectivity index (χ4n) is 8.07. The first-order valence-corrected chi connectivity index (χ1v) is 15.6. The first kappa shape index (κ1) is 35.5. The normalized spacial score (nSPS) is 39.0. The van der Waals surface area contributed by atoms with Crippen LogP contribution in [0.4, 0.5) is 4.79 Å². The number of ketones is 1. The van der Waals surface area contributed by atoms with E-state index in [2.05, 4.69) is 0 Å². The molecule has 9 atom stereocenters. The van der Waals surface area contributed by atoms with E-state index in [1.165, 1.54) is 26.0 Å². The zero-order valence-corrected chi connectivity index (χ0v) is 27.9.